The van der Waals surface area contributed by atoms with Crippen molar-refractivity contribution in [3.05, 3.63) is 71.8 Å². The van der Waals surface area contributed by atoms with Gasteiger partial charge in [0.15, 0.2) is 6.20 Å². The number of piperidine rings is 1. The summed E-state index contributed by atoms with van der Waals surface area (Å²) in [7, 11) is 0. The average molecular weight is 461 g/mol. The zero-order valence-corrected chi connectivity index (χ0v) is 18.9. The molecule has 2 aromatic rings. The van der Waals surface area contributed by atoms with E-state index in [0.717, 1.165) is 31.6 Å². The first-order chi connectivity index (χ1) is 16.5. The molecule has 1 unspecified atom stereocenters. The largest absolute Gasteiger partial charge is 0.403 e. The second-order valence-electron chi connectivity index (χ2n) is 8.26. The van der Waals surface area contributed by atoms with E-state index in [1.54, 1.807) is 29.2 Å². The van der Waals surface area contributed by atoms with Gasteiger partial charge < -0.3 is 22.1 Å². The van der Waals surface area contributed by atoms with Crippen LogP contribution in [0.5, 0.6) is 0 Å². The molecule has 10 nitrogen and oxygen atoms in total. The molecular weight excluding hydrogens is 430 g/mol. The fourth-order valence-electron chi connectivity index (χ4n) is 3.88. The molecule has 1 atom stereocenters. The van der Waals surface area contributed by atoms with E-state index >= 15 is 0 Å². The van der Waals surface area contributed by atoms with E-state index in [0.29, 0.717) is 29.1 Å². The number of allylic oxidation sites excluding steroid dienone is 4. The molecule has 176 valence electrons. The van der Waals surface area contributed by atoms with Crippen LogP contribution in [0.15, 0.2) is 65.6 Å². The summed E-state index contributed by atoms with van der Waals surface area (Å²) < 4.78 is 1.71. The number of aromatic nitrogens is 3. The number of benzene rings is 1. The van der Waals surface area contributed by atoms with Gasteiger partial charge in [-0.3, -0.25) is 15.2 Å². The number of hydrogen-bond donors (Lipinski definition) is 6. The molecule has 34 heavy (non-hydrogen) atoms. The van der Waals surface area contributed by atoms with Gasteiger partial charge in [0.1, 0.15) is 11.4 Å². The molecule has 10 heteroatoms. The number of aliphatic imine (C=N–C) groups is 1. The van der Waals surface area contributed by atoms with Crippen molar-refractivity contribution in [2.45, 2.75) is 25.3 Å². The Labute approximate surface area is 198 Å². The number of rotatable bonds is 7. The third kappa shape index (κ3) is 5.46. The highest BCUT2D eigenvalue weighted by Gasteiger charge is 2.23. The lowest BCUT2D eigenvalue weighted by atomic mass is 9.98. The molecule has 1 saturated heterocycles. The molecule has 4 rings (SSSR count). The van der Waals surface area contributed by atoms with Crippen molar-refractivity contribution in [1.29, 1.82) is 5.41 Å². The quantitative estimate of drug-likeness (QED) is 0.205. The highest BCUT2D eigenvalue weighted by atomic mass is 16.1. The predicted molar refractivity (Wildman–Crippen MR) is 132 cm³/mol. The second-order valence-corrected chi connectivity index (χ2v) is 8.26. The molecule has 1 aliphatic carbocycles. The van der Waals surface area contributed by atoms with Crippen molar-refractivity contribution in [2.75, 3.05) is 18.8 Å². The van der Waals surface area contributed by atoms with Gasteiger partial charge in [0.05, 0.1) is 17.7 Å². The van der Waals surface area contributed by atoms with Crippen LogP contribution in [0.4, 0.5) is 5.69 Å². The number of nitrogen functional groups attached to an aromatic ring is 1. The van der Waals surface area contributed by atoms with E-state index in [1.807, 2.05) is 30.4 Å². The van der Waals surface area contributed by atoms with E-state index in [9.17, 15) is 4.79 Å². The number of nitrogens with two attached hydrogens (primary N) is 2. The maximum absolute atomic E-state index is 12.7. The van der Waals surface area contributed by atoms with Crippen molar-refractivity contribution in [3.63, 3.8) is 0 Å². The fraction of sp³-hybridized carbons (Fsp3) is 0.292. The summed E-state index contributed by atoms with van der Waals surface area (Å²) in [4.78, 5) is 17.3. The number of para-hydroxylation sites is 1. The predicted octanol–water partition coefficient (Wildman–Crippen LogP) is 0.852. The molecule has 0 saturated carbocycles. The first-order valence-electron chi connectivity index (χ1n) is 11.3. The zero-order valence-electron chi connectivity index (χ0n) is 18.9. The average Bonchev–Trinajstić information content (AvgIpc) is 3.37. The summed E-state index contributed by atoms with van der Waals surface area (Å²) in [5.74, 6) is -0.465. The maximum atomic E-state index is 12.7. The summed E-state index contributed by atoms with van der Waals surface area (Å²) in [6.07, 6.45) is 12.9. The van der Waals surface area contributed by atoms with Crippen LogP contribution >= 0.6 is 0 Å². The lowest BCUT2D eigenvalue weighted by molar-refractivity contribution is -0.643. The van der Waals surface area contributed by atoms with Crippen LogP contribution in [0.1, 0.15) is 30.5 Å². The number of carbonyl (C=O) groups excluding carboxylic acids is 1. The maximum Gasteiger partial charge on any atom is 0.267 e. The Morgan fingerprint density at radius 1 is 1.29 bits per heavy atom. The lowest BCUT2D eigenvalue weighted by Gasteiger charge is -2.19. The number of anilines is 1. The van der Waals surface area contributed by atoms with Crippen LogP contribution in [0.3, 0.4) is 0 Å². The van der Waals surface area contributed by atoms with Crippen molar-refractivity contribution in [2.24, 2.45) is 16.6 Å². The Balaban J connectivity index is 1.35. The Bertz CT molecular complexity index is 1170. The number of amides is 1. The molecule has 2 aliphatic rings. The topological polar surface area (TPSA) is 162 Å². The smallest absolute Gasteiger partial charge is 0.267 e. The van der Waals surface area contributed by atoms with Crippen molar-refractivity contribution in [1.82, 2.24) is 20.9 Å². The number of hydrogen-bond acceptors (Lipinski definition) is 7. The molecular formula is C24H30N9O+. The van der Waals surface area contributed by atoms with Crippen molar-refractivity contribution in [3.8, 4) is 0 Å². The van der Waals surface area contributed by atoms with Crippen molar-refractivity contribution < 1.29 is 9.48 Å². The summed E-state index contributed by atoms with van der Waals surface area (Å²) >= 11 is 0. The van der Waals surface area contributed by atoms with Crippen molar-refractivity contribution >= 4 is 29.2 Å². The molecule has 0 bridgehead atoms. The van der Waals surface area contributed by atoms with Crippen LogP contribution < -0.4 is 26.8 Å². The van der Waals surface area contributed by atoms with Gasteiger partial charge in [-0.1, -0.05) is 29.5 Å². The summed E-state index contributed by atoms with van der Waals surface area (Å²) in [5.41, 5.74) is 14.9. The van der Waals surface area contributed by atoms with Crippen LogP contribution in [-0.4, -0.2) is 47.3 Å². The molecule has 0 spiro atoms. The molecule has 8 N–H and O–H groups in total. The molecule has 2 heterocycles. The third-order valence-electron chi connectivity index (χ3n) is 5.89. The molecule has 1 amide bonds. The highest BCUT2D eigenvalue weighted by molar-refractivity contribution is 6.12. The van der Waals surface area contributed by atoms with Gasteiger partial charge in [-0.05, 0) is 50.6 Å². The van der Waals surface area contributed by atoms with Crippen LogP contribution in [0, 0.1) is 11.3 Å². The van der Waals surface area contributed by atoms with Crippen LogP contribution in [0.2, 0.25) is 0 Å². The van der Waals surface area contributed by atoms with E-state index in [-0.39, 0.29) is 23.6 Å². The molecule has 1 fully saturated rings. The zero-order chi connectivity index (χ0) is 23.9. The number of H-pyrrole nitrogens is 1. The number of carbonyl (C=O) groups is 1. The summed E-state index contributed by atoms with van der Waals surface area (Å²) in [5, 5.41) is 21.7. The third-order valence-corrected chi connectivity index (χ3v) is 5.89. The normalized spacial score (nSPS) is 19.2. The van der Waals surface area contributed by atoms with Crippen LogP contribution in [-0.2, 0) is 4.79 Å². The van der Waals surface area contributed by atoms with Gasteiger partial charge in [-0.15, -0.1) is 4.68 Å². The number of nitrogens with one attached hydrogen (secondary N) is 4. The Morgan fingerprint density at radius 2 is 2.09 bits per heavy atom. The van der Waals surface area contributed by atoms with Gasteiger partial charge in [0.25, 0.3) is 5.69 Å². The minimum absolute atomic E-state index is 0.142. The monoisotopic (exact) mass is 460 g/mol. The highest BCUT2D eigenvalue weighted by Crippen LogP contribution is 2.18. The lowest BCUT2D eigenvalue weighted by Crippen LogP contribution is -2.36. The molecule has 1 aromatic carbocycles. The van der Waals surface area contributed by atoms with E-state index in [4.69, 9.17) is 16.9 Å². The van der Waals surface area contributed by atoms with Gasteiger partial charge in [0, 0.05) is 28.8 Å². The van der Waals surface area contributed by atoms with E-state index in [2.05, 4.69) is 25.9 Å². The number of nitrogens with zero attached hydrogens (tertiary/aromatic N) is 3. The Kier molecular flexibility index (Phi) is 7.28. The van der Waals surface area contributed by atoms with Gasteiger partial charge in [-0.25, -0.2) is 0 Å². The van der Waals surface area contributed by atoms with E-state index < -0.39 is 0 Å². The second kappa shape index (κ2) is 10.7. The Morgan fingerprint density at radius 3 is 2.79 bits per heavy atom. The Hall–Kier alpha value is -4.05. The summed E-state index contributed by atoms with van der Waals surface area (Å²) in [6, 6.07) is 7.47. The molecule has 1 aliphatic heterocycles. The first kappa shape index (κ1) is 23.1. The minimum Gasteiger partial charge on any atom is -0.403 e. The molecule has 0 radical (unpaired) electrons. The van der Waals surface area contributed by atoms with Gasteiger partial charge in [0.2, 0.25) is 5.91 Å². The fourth-order valence-corrected chi connectivity index (χ4v) is 3.88. The number of aromatic amines is 1. The first-order valence-corrected chi connectivity index (χ1v) is 11.3. The molecule has 1 aromatic heterocycles. The van der Waals surface area contributed by atoms with Gasteiger partial charge in [-0.2, -0.15) is 0 Å². The van der Waals surface area contributed by atoms with E-state index in [1.165, 1.54) is 6.20 Å². The standard InChI is InChI=1S/C24H29N9O/c25-13-18(14-29-17-9-11-28-12-10-17)30-24(34)16-5-7-19(8-6-16)33-15-22(31-32-33)23(27)20-3-1-2-4-21(20)26/h1-5,7-8,13-17,28H,6,9-12H2,(H6,25,26,27,29,30,31,32,34)/p+1. The van der Waals surface area contributed by atoms with Crippen LogP contribution in [0.25, 0.3) is 5.70 Å². The SMILES string of the molecule is N=C(c1c[n+](C2=CCC(C(=O)NC(C=NC3CCNCC3)=CN)C=C2)[nH]n1)c1ccccc1N. The summed E-state index contributed by atoms with van der Waals surface area (Å²) in [6.45, 7) is 1.91. The van der Waals surface area contributed by atoms with Gasteiger partial charge >= 0.3 is 0 Å². The minimum atomic E-state index is -0.323.